The average Bonchev–Trinajstić information content (AvgIpc) is 2.46. The first-order valence-electron chi connectivity index (χ1n) is 6.36. The van der Waals surface area contributed by atoms with E-state index in [9.17, 15) is 13.2 Å². The first-order valence-corrected chi connectivity index (χ1v) is 8.21. The molecule has 0 saturated carbocycles. The maximum absolute atomic E-state index is 11.9. The third-order valence-corrected chi connectivity index (χ3v) is 4.72. The molecule has 1 heterocycles. The molecule has 1 unspecified atom stereocenters. The Morgan fingerprint density at radius 1 is 1.30 bits per heavy atom. The van der Waals surface area contributed by atoms with E-state index in [1.54, 1.807) is 4.90 Å². The highest BCUT2D eigenvalue weighted by Gasteiger charge is 2.33. The van der Waals surface area contributed by atoms with E-state index in [2.05, 4.69) is 6.58 Å². The highest BCUT2D eigenvalue weighted by Crippen LogP contribution is 2.26. The zero-order valence-electron chi connectivity index (χ0n) is 11.4. The van der Waals surface area contributed by atoms with Gasteiger partial charge in [-0.15, -0.1) is 0 Å². The SMILES string of the molecule is C=CC(=O)N1CCN(S(C)(=O)=O)CC1c1ccccc1. The number of amides is 1. The van der Waals surface area contributed by atoms with Gasteiger partial charge in [-0.25, -0.2) is 8.42 Å². The van der Waals surface area contributed by atoms with Crippen LogP contribution in [-0.2, 0) is 14.8 Å². The lowest BCUT2D eigenvalue weighted by atomic mass is 10.0. The summed E-state index contributed by atoms with van der Waals surface area (Å²) in [6.07, 6.45) is 2.46. The second-order valence-electron chi connectivity index (χ2n) is 4.78. The van der Waals surface area contributed by atoms with Crippen molar-refractivity contribution in [3.8, 4) is 0 Å². The minimum Gasteiger partial charge on any atom is -0.329 e. The van der Waals surface area contributed by atoms with Crippen LogP contribution in [0, 0.1) is 0 Å². The average molecular weight is 294 g/mol. The van der Waals surface area contributed by atoms with Crippen LogP contribution >= 0.6 is 0 Å². The van der Waals surface area contributed by atoms with Gasteiger partial charge in [-0.1, -0.05) is 36.9 Å². The van der Waals surface area contributed by atoms with Crippen molar-refractivity contribution in [1.29, 1.82) is 0 Å². The Hall–Kier alpha value is -1.66. The summed E-state index contributed by atoms with van der Waals surface area (Å²) >= 11 is 0. The smallest absolute Gasteiger partial charge is 0.246 e. The van der Waals surface area contributed by atoms with Gasteiger partial charge in [0.15, 0.2) is 0 Å². The van der Waals surface area contributed by atoms with Crippen molar-refractivity contribution in [2.45, 2.75) is 6.04 Å². The Labute approximate surface area is 119 Å². The van der Waals surface area contributed by atoms with E-state index in [0.29, 0.717) is 13.1 Å². The lowest BCUT2D eigenvalue weighted by Gasteiger charge is -2.40. The molecule has 1 fully saturated rings. The molecule has 1 amide bonds. The van der Waals surface area contributed by atoms with E-state index in [0.717, 1.165) is 5.56 Å². The third kappa shape index (κ3) is 3.08. The molecule has 1 aromatic rings. The molecule has 0 spiro atoms. The van der Waals surface area contributed by atoms with Crippen LogP contribution in [0.1, 0.15) is 11.6 Å². The maximum atomic E-state index is 11.9. The zero-order valence-corrected chi connectivity index (χ0v) is 12.2. The fourth-order valence-corrected chi connectivity index (χ4v) is 3.23. The monoisotopic (exact) mass is 294 g/mol. The van der Waals surface area contributed by atoms with Crippen LogP contribution in [0.15, 0.2) is 43.0 Å². The van der Waals surface area contributed by atoms with Gasteiger partial charge in [-0.05, 0) is 11.6 Å². The quantitative estimate of drug-likeness (QED) is 0.782. The minimum atomic E-state index is -3.25. The molecule has 108 valence electrons. The lowest BCUT2D eigenvalue weighted by Crippen LogP contribution is -2.51. The molecule has 0 aromatic heterocycles. The van der Waals surface area contributed by atoms with E-state index in [-0.39, 0.29) is 18.5 Å². The molecule has 2 rings (SSSR count). The predicted octanol–water partition coefficient (Wildman–Crippen LogP) is 1.02. The molecule has 0 bridgehead atoms. The van der Waals surface area contributed by atoms with Crippen LogP contribution in [0.3, 0.4) is 0 Å². The van der Waals surface area contributed by atoms with Crippen molar-refractivity contribution >= 4 is 15.9 Å². The van der Waals surface area contributed by atoms with Crippen LogP contribution < -0.4 is 0 Å². The Balaban J connectivity index is 2.33. The summed E-state index contributed by atoms with van der Waals surface area (Å²) in [7, 11) is -3.25. The van der Waals surface area contributed by atoms with Crippen molar-refractivity contribution in [3.05, 3.63) is 48.6 Å². The van der Waals surface area contributed by atoms with Gasteiger partial charge in [0.2, 0.25) is 15.9 Å². The molecule has 1 aromatic carbocycles. The number of piperazine rings is 1. The van der Waals surface area contributed by atoms with Gasteiger partial charge < -0.3 is 4.90 Å². The molecule has 1 atom stereocenters. The molecule has 1 saturated heterocycles. The van der Waals surface area contributed by atoms with E-state index in [1.165, 1.54) is 16.6 Å². The Morgan fingerprint density at radius 2 is 1.95 bits per heavy atom. The van der Waals surface area contributed by atoms with Crippen molar-refractivity contribution < 1.29 is 13.2 Å². The molecule has 0 radical (unpaired) electrons. The number of rotatable bonds is 3. The number of hydrogen-bond donors (Lipinski definition) is 0. The molecule has 1 aliphatic heterocycles. The highest BCUT2D eigenvalue weighted by atomic mass is 32.2. The van der Waals surface area contributed by atoms with Gasteiger partial charge in [0.05, 0.1) is 12.3 Å². The van der Waals surface area contributed by atoms with E-state index in [1.807, 2.05) is 30.3 Å². The fourth-order valence-electron chi connectivity index (χ4n) is 2.40. The highest BCUT2D eigenvalue weighted by molar-refractivity contribution is 7.88. The topological polar surface area (TPSA) is 57.7 Å². The van der Waals surface area contributed by atoms with E-state index >= 15 is 0 Å². The molecule has 6 heteroatoms. The fraction of sp³-hybridized carbons (Fsp3) is 0.357. The molecule has 1 aliphatic rings. The Kier molecular flexibility index (Phi) is 4.25. The van der Waals surface area contributed by atoms with Gasteiger partial charge in [-0.3, -0.25) is 4.79 Å². The zero-order chi connectivity index (χ0) is 14.8. The van der Waals surface area contributed by atoms with Gasteiger partial charge in [0.1, 0.15) is 0 Å². The van der Waals surface area contributed by atoms with Crippen LogP contribution in [-0.4, -0.2) is 49.4 Å². The van der Waals surface area contributed by atoms with Gasteiger partial charge >= 0.3 is 0 Å². The second kappa shape index (κ2) is 5.76. The molecular weight excluding hydrogens is 276 g/mol. The summed E-state index contributed by atoms with van der Waals surface area (Å²) in [5.41, 5.74) is 0.927. The third-order valence-electron chi connectivity index (χ3n) is 3.45. The van der Waals surface area contributed by atoms with Gasteiger partial charge in [0, 0.05) is 19.6 Å². The molecule has 5 nitrogen and oxygen atoms in total. The lowest BCUT2D eigenvalue weighted by molar-refractivity contribution is -0.130. The van der Waals surface area contributed by atoms with Gasteiger partial charge in [0.25, 0.3) is 0 Å². The summed E-state index contributed by atoms with van der Waals surface area (Å²) in [5.74, 6) is -0.174. The molecular formula is C14H18N2O3S. The Morgan fingerprint density at radius 3 is 2.50 bits per heavy atom. The number of nitrogens with zero attached hydrogens (tertiary/aromatic N) is 2. The predicted molar refractivity (Wildman–Crippen MR) is 77.5 cm³/mol. The van der Waals surface area contributed by atoms with E-state index < -0.39 is 10.0 Å². The van der Waals surface area contributed by atoms with Crippen molar-refractivity contribution in [2.24, 2.45) is 0 Å². The second-order valence-corrected chi connectivity index (χ2v) is 6.77. The largest absolute Gasteiger partial charge is 0.329 e. The summed E-state index contributed by atoms with van der Waals surface area (Å²) in [5, 5.41) is 0. The molecule has 0 N–H and O–H groups in total. The van der Waals surface area contributed by atoms with Crippen LogP contribution in [0.2, 0.25) is 0 Å². The van der Waals surface area contributed by atoms with E-state index in [4.69, 9.17) is 0 Å². The van der Waals surface area contributed by atoms with Crippen LogP contribution in [0.4, 0.5) is 0 Å². The standard InChI is InChI=1S/C14H18N2O3S/c1-3-14(17)16-10-9-15(20(2,18)19)11-13(16)12-7-5-4-6-8-12/h3-8,13H,1,9-11H2,2H3. The molecule has 20 heavy (non-hydrogen) atoms. The summed E-state index contributed by atoms with van der Waals surface area (Å²) in [4.78, 5) is 13.6. The Bertz CT molecular complexity index is 598. The summed E-state index contributed by atoms with van der Waals surface area (Å²) < 4.78 is 24.8. The number of hydrogen-bond acceptors (Lipinski definition) is 3. The number of carbonyl (C=O) groups is 1. The number of sulfonamides is 1. The summed E-state index contributed by atoms with van der Waals surface area (Å²) in [6, 6.07) is 9.18. The van der Waals surface area contributed by atoms with Crippen LogP contribution in [0.5, 0.6) is 0 Å². The first kappa shape index (κ1) is 14.7. The maximum Gasteiger partial charge on any atom is 0.246 e. The van der Waals surface area contributed by atoms with Crippen molar-refractivity contribution in [2.75, 3.05) is 25.9 Å². The number of carbonyl (C=O) groups excluding carboxylic acids is 1. The normalized spacial score (nSPS) is 20.6. The number of benzene rings is 1. The molecule has 0 aliphatic carbocycles. The summed E-state index contributed by atoms with van der Waals surface area (Å²) in [6.45, 7) is 4.48. The van der Waals surface area contributed by atoms with Crippen molar-refractivity contribution in [3.63, 3.8) is 0 Å². The first-order chi connectivity index (χ1) is 9.43. The van der Waals surface area contributed by atoms with Crippen molar-refractivity contribution in [1.82, 2.24) is 9.21 Å². The van der Waals surface area contributed by atoms with Crippen LogP contribution in [0.25, 0.3) is 0 Å². The minimum absolute atomic E-state index is 0.174. The van der Waals surface area contributed by atoms with Gasteiger partial charge in [-0.2, -0.15) is 4.31 Å².